The fraction of sp³-hybridized carbons (Fsp3) is 0.391. The van der Waals surface area contributed by atoms with E-state index in [0.717, 1.165) is 24.2 Å². The van der Waals surface area contributed by atoms with Crippen LogP contribution in [0.15, 0.2) is 54.6 Å². The van der Waals surface area contributed by atoms with Gasteiger partial charge in [-0.25, -0.2) is 0 Å². The molecule has 0 heterocycles. The van der Waals surface area contributed by atoms with Crippen LogP contribution in [-0.2, 0) is 16.0 Å². The molecule has 5 nitrogen and oxygen atoms in total. The third-order valence-electron chi connectivity index (χ3n) is 4.39. The Kier molecular flexibility index (Phi) is 8.53. The van der Waals surface area contributed by atoms with Crippen molar-refractivity contribution in [1.82, 2.24) is 10.6 Å². The second-order valence-electron chi connectivity index (χ2n) is 7.25. The second kappa shape index (κ2) is 11.1. The van der Waals surface area contributed by atoms with Gasteiger partial charge in [0.15, 0.2) is 0 Å². The molecule has 28 heavy (non-hydrogen) atoms. The number of ether oxygens (including phenoxy) is 1. The van der Waals surface area contributed by atoms with Crippen molar-refractivity contribution in [3.05, 3.63) is 65.7 Å². The van der Waals surface area contributed by atoms with E-state index in [4.69, 9.17) is 4.74 Å². The molecule has 0 aliphatic carbocycles. The Morgan fingerprint density at radius 2 is 1.68 bits per heavy atom. The number of nitrogens with one attached hydrogen (secondary N) is 2. The van der Waals surface area contributed by atoms with Gasteiger partial charge in [0.25, 0.3) is 0 Å². The Morgan fingerprint density at radius 1 is 1.00 bits per heavy atom. The molecule has 2 rings (SSSR count). The minimum absolute atomic E-state index is 0.114. The number of rotatable bonds is 10. The molecule has 0 fully saturated rings. The maximum absolute atomic E-state index is 12.7. The molecule has 5 heteroatoms. The van der Waals surface area contributed by atoms with Crippen LogP contribution in [0.25, 0.3) is 0 Å². The minimum atomic E-state index is -0.673. The van der Waals surface area contributed by atoms with Gasteiger partial charge in [-0.2, -0.15) is 0 Å². The van der Waals surface area contributed by atoms with Crippen LogP contribution in [0.3, 0.4) is 0 Å². The van der Waals surface area contributed by atoms with Gasteiger partial charge in [-0.05, 0) is 42.0 Å². The molecule has 0 radical (unpaired) electrons. The summed E-state index contributed by atoms with van der Waals surface area (Å²) in [4.78, 5) is 24.9. The molecule has 150 valence electrons. The molecule has 1 atom stereocenters. The Labute approximate surface area is 167 Å². The van der Waals surface area contributed by atoms with Gasteiger partial charge < -0.3 is 15.4 Å². The van der Waals surface area contributed by atoms with Gasteiger partial charge in [0, 0.05) is 13.0 Å². The summed E-state index contributed by atoms with van der Waals surface area (Å²) in [5.41, 5.74) is 1.98. The molecular formula is C23H30N2O3. The SMILES string of the molecule is COc1ccc(CCCNC(=O)C(NC(=O)CC(C)C)c2ccccc2)cc1. The van der Waals surface area contributed by atoms with E-state index >= 15 is 0 Å². The van der Waals surface area contributed by atoms with Crippen molar-refractivity contribution in [2.45, 2.75) is 39.2 Å². The molecule has 0 saturated heterocycles. The summed E-state index contributed by atoms with van der Waals surface area (Å²) in [6, 6.07) is 16.6. The smallest absolute Gasteiger partial charge is 0.247 e. The lowest BCUT2D eigenvalue weighted by atomic mass is 10.0. The van der Waals surface area contributed by atoms with Crippen molar-refractivity contribution in [1.29, 1.82) is 0 Å². The van der Waals surface area contributed by atoms with Gasteiger partial charge in [0.1, 0.15) is 11.8 Å². The van der Waals surface area contributed by atoms with Crippen LogP contribution in [0.4, 0.5) is 0 Å². The summed E-state index contributed by atoms with van der Waals surface area (Å²) in [6.07, 6.45) is 2.08. The van der Waals surface area contributed by atoms with Crippen molar-refractivity contribution in [2.75, 3.05) is 13.7 Å². The van der Waals surface area contributed by atoms with Gasteiger partial charge in [0.2, 0.25) is 11.8 Å². The van der Waals surface area contributed by atoms with Crippen molar-refractivity contribution >= 4 is 11.8 Å². The summed E-state index contributed by atoms with van der Waals surface area (Å²) >= 11 is 0. The van der Waals surface area contributed by atoms with Crippen molar-refractivity contribution in [3.63, 3.8) is 0 Å². The number of carbonyl (C=O) groups excluding carboxylic acids is 2. The fourth-order valence-electron chi connectivity index (χ4n) is 2.93. The number of methoxy groups -OCH3 is 1. The normalized spacial score (nSPS) is 11.7. The van der Waals surface area contributed by atoms with Crippen LogP contribution < -0.4 is 15.4 Å². The molecule has 0 aromatic heterocycles. The summed E-state index contributed by atoms with van der Waals surface area (Å²) in [6.45, 7) is 4.51. The first kappa shape index (κ1) is 21.5. The molecule has 2 amide bonds. The van der Waals surface area contributed by atoms with Gasteiger partial charge in [0.05, 0.1) is 7.11 Å². The highest BCUT2D eigenvalue weighted by Gasteiger charge is 2.22. The van der Waals surface area contributed by atoms with Crippen molar-refractivity contribution in [2.24, 2.45) is 5.92 Å². The highest BCUT2D eigenvalue weighted by atomic mass is 16.5. The highest BCUT2D eigenvalue weighted by Crippen LogP contribution is 2.15. The Balaban J connectivity index is 1.89. The zero-order valence-corrected chi connectivity index (χ0v) is 16.9. The number of aryl methyl sites for hydroxylation is 1. The number of hydrogen-bond acceptors (Lipinski definition) is 3. The van der Waals surface area contributed by atoms with Crippen molar-refractivity contribution in [3.8, 4) is 5.75 Å². The molecule has 2 aromatic carbocycles. The summed E-state index contributed by atoms with van der Waals surface area (Å²) < 4.78 is 5.16. The number of carbonyl (C=O) groups is 2. The highest BCUT2D eigenvalue weighted by molar-refractivity contribution is 5.88. The maximum Gasteiger partial charge on any atom is 0.247 e. The van der Waals surface area contributed by atoms with E-state index in [0.29, 0.717) is 13.0 Å². The zero-order chi connectivity index (χ0) is 20.4. The minimum Gasteiger partial charge on any atom is -0.497 e. The van der Waals surface area contributed by atoms with Crippen LogP contribution in [-0.4, -0.2) is 25.5 Å². The molecule has 0 aliphatic rings. The predicted octanol–water partition coefficient (Wildman–Crippen LogP) is 3.65. The van der Waals surface area contributed by atoms with Gasteiger partial charge in [-0.1, -0.05) is 56.3 Å². The lowest BCUT2D eigenvalue weighted by Crippen LogP contribution is -2.41. The van der Waals surface area contributed by atoms with E-state index in [2.05, 4.69) is 10.6 Å². The Bertz CT molecular complexity index is 742. The zero-order valence-electron chi connectivity index (χ0n) is 16.9. The van der Waals surface area contributed by atoms with E-state index in [9.17, 15) is 9.59 Å². The molecule has 0 saturated carbocycles. The number of amides is 2. The third kappa shape index (κ3) is 7.06. The predicted molar refractivity (Wildman–Crippen MR) is 111 cm³/mol. The third-order valence-corrected chi connectivity index (χ3v) is 4.39. The van der Waals surface area contributed by atoms with Crippen LogP contribution in [0.5, 0.6) is 5.75 Å². The average molecular weight is 383 g/mol. The average Bonchev–Trinajstić information content (AvgIpc) is 2.70. The monoisotopic (exact) mass is 382 g/mol. The summed E-state index contributed by atoms with van der Waals surface area (Å²) in [5.74, 6) is 0.777. The van der Waals surface area contributed by atoms with Gasteiger partial charge in [-0.3, -0.25) is 9.59 Å². The van der Waals surface area contributed by atoms with Gasteiger partial charge in [-0.15, -0.1) is 0 Å². The van der Waals surface area contributed by atoms with E-state index < -0.39 is 6.04 Å². The lowest BCUT2D eigenvalue weighted by molar-refractivity contribution is -0.129. The maximum atomic E-state index is 12.7. The summed E-state index contributed by atoms with van der Waals surface area (Å²) in [5, 5.41) is 5.83. The lowest BCUT2D eigenvalue weighted by Gasteiger charge is -2.19. The molecule has 0 bridgehead atoms. The summed E-state index contributed by atoms with van der Waals surface area (Å²) in [7, 11) is 1.65. The molecule has 2 aromatic rings. The topological polar surface area (TPSA) is 67.4 Å². The molecule has 1 unspecified atom stereocenters. The van der Waals surface area contributed by atoms with E-state index in [1.807, 2.05) is 68.4 Å². The largest absolute Gasteiger partial charge is 0.497 e. The van der Waals surface area contributed by atoms with Gasteiger partial charge >= 0.3 is 0 Å². The second-order valence-corrected chi connectivity index (χ2v) is 7.25. The number of hydrogen-bond donors (Lipinski definition) is 2. The molecule has 0 aliphatic heterocycles. The fourth-order valence-corrected chi connectivity index (χ4v) is 2.93. The first-order valence-electron chi connectivity index (χ1n) is 9.74. The van der Waals surface area contributed by atoms with Crippen LogP contribution in [0, 0.1) is 5.92 Å². The molecular weight excluding hydrogens is 352 g/mol. The van der Waals surface area contributed by atoms with Crippen molar-refractivity contribution < 1.29 is 14.3 Å². The molecule has 0 spiro atoms. The van der Waals surface area contributed by atoms with Crippen LogP contribution in [0.1, 0.15) is 43.9 Å². The standard InChI is InChI=1S/C23H30N2O3/c1-17(2)16-21(26)25-22(19-9-5-4-6-10-19)23(27)24-15-7-8-18-11-13-20(28-3)14-12-18/h4-6,9-14,17,22H,7-8,15-16H2,1-3H3,(H,24,27)(H,25,26). The van der Waals surface area contributed by atoms with E-state index in [1.54, 1.807) is 7.11 Å². The quantitative estimate of drug-likeness (QED) is 0.617. The van der Waals surface area contributed by atoms with E-state index in [-0.39, 0.29) is 17.7 Å². The van der Waals surface area contributed by atoms with Crippen LogP contribution >= 0.6 is 0 Å². The Morgan fingerprint density at radius 3 is 2.29 bits per heavy atom. The number of benzene rings is 2. The van der Waals surface area contributed by atoms with Crippen LogP contribution in [0.2, 0.25) is 0 Å². The Hall–Kier alpha value is -2.82. The first-order chi connectivity index (χ1) is 13.5. The first-order valence-corrected chi connectivity index (χ1v) is 9.74. The van der Waals surface area contributed by atoms with E-state index in [1.165, 1.54) is 5.56 Å². The molecule has 2 N–H and O–H groups in total.